The van der Waals surface area contributed by atoms with Gasteiger partial charge >= 0.3 is 5.97 Å². The molecule has 0 bridgehead atoms. The summed E-state index contributed by atoms with van der Waals surface area (Å²) in [5, 5.41) is 9.24. The molecule has 0 radical (unpaired) electrons. The predicted octanol–water partition coefficient (Wildman–Crippen LogP) is 1.86. The Morgan fingerprint density at radius 2 is 1.77 bits per heavy atom. The van der Waals surface area contributed by atoms with E-state index in [0.717, 1.165) is 6.42 Å². The number of carboxylic acids is 1. The van der Waals surface area contributed by atoms with Gasteiger partial charge in [-0.15, -0.1) is 0 Å². The van der Waals surface area contributed by atoms with Crippen LogP contribution in [-0.4, -0.2) is 58.9 Å². The third-order valence-electron chi connectivity index (χ3n) is 5.39. The monoisotopic (exact) mass is 362 g/mol. The highest BCUT2D eigenvalue weighted by Crippen LogP contribution is 2.27. The average Bonchev–Trinajstić information content (AvgIpc) is 3.03. The average molecular weight is 362 g/mol. The SMILES string of the molecule is C[C@@H]1CN(C(=O)C2CCCN(C(=O)c3ccc(F)cc3)C2)C[C@H]1C(=O)O. The van der Waals surface area contributed by atoms with Gasteiger partial charge in [0, 0.05) is 31.7 Å². The van der Waals surface area contributed by atoms with Crippen molar-refractivity contribution in [3.8, 4) is 0 Å². The largest absolute Gasteiger partial charge is 0.481 e. The van der Waals surface area contributed by atoms with Crippen molar-refractivity contribution in [1.29, 1.82) is 0 Å². The molecule has 2 amide bonds. The molecule has 1 aromatic carbocycles. The Bertz CT molecular complexity index is 706. The highest BCUT2D eigenvalue weighted by Gasteiger charge is 2.40. The van der Waals surface area contributed by atoms with E-state index in [1.165, 1.54) is 24.3 Å². The quantitative estimate of drug-likeness (QED) is 0.890. The van der Waals surface area contributed by atoms with Crippen LogP contribution < -0.4 is 0 Å². The summed E-state index contributed by atoms with van der Waals surface area (Å²) < 4.78 is 13.0. The van der Waals surface area contributed by atoms with Crippen LogP contribution in [-0.2, 0) is 9.59 Å². The second-order valence-corrected chi connectivity index (χ2v) is 7.26. The zero-order chi connectivity index (χ0) is 18.8. The molecular formula is C19H23FN2O4. The molecule has 2 heterocycles. The van der Waals surface area contributed by atoms with Crippen LogP contribution in [0.1, 0.15) is 30.1 Å². The molecule has 7 heteroatoms. The Balaban J connectivity index is 1.65. The van der Waals surface area contributed by atoms with Crippen molar-refractivity contribution in [3.63, 3.8) is 0 Å². The van der Waals surface area contributed by atoms with E-state index in [-0.39, 0.29) is 30.2 Å². The van der Waals surface area contributed by atoms with Crippen LogP contribution in [0.25, 0.3) is 0 Å². The van der Waals surface area contributed by atoms with Crippen LogP contribution in [0, 0.1) is 23.6 Å². The van der Waals surface area contributed by atoms with E-state index in [9.17, 15) is 23.9 Å². The number of piperidine rings is 1. The van der Waals surface area contributed by atoms with E-state index in [0.29, 0.717) is 31.6 Å². The second kappa shape index (κ2) is 7.43. The number of hydrogen-bond donors (Lipinski definition) is 1. The summed E-state index contributed by atoms with van der Waals surface area (Å²) in [5.41, 5.74) is 0.403. The maximum Gasteiger partial charge on any atom is 0.308 e. The maximum atomic E-state index is 13.0. The molecule has 0 aromatic heterocycles. The number of rotatable bonds is 3. The lowest BCUT2D eigenvalue weighted by molar-refractivity contribution is -0.142. The number of benzene rings is 1. The Kier molecular flexibility index (Phi) is 5.25. The molecule has 26 heavy (non-hydrogen) atoms. The Labute approximate surface area is 151 Å². The van der Waals surface area contributed by atoms with Gasteiger partial charge in [0.1, 0.15) is 5.82 Å². The Morgan fingerprint density at radius 1 is 1.08 bits per heavy atom. The van der Waals surface area contributed by atoms with Gasteiger partial charge in [-0.05, 0) is 43.0 Å². The third kappa shape index (κ3) is 3.71. The normalized spacial score (nSPS) is 26.0. The van der Waals surface area contributed by atoms with Crippen LogP contribution in [0.4, 0.5) is 4.39 Å². The minimum atomic E-state index is -0.871. The van der Waals surface area contributed by atoms with E-state index in [1.807, 2.05) is 6.92 Å². The molecule has 3 rings (SSSR count). The first-order valence-corrected chi connectivity index (χ1v) is 8.93. The smallest absolute Gasteiger partial charge is 0.308 e. The summed E-state index contributed by atoms with van der Waals surface area (Å²) in [7, 11) is 0. The predicted molar refractivity (Wildman–Crippen MR) is 91.9 cm³/mol. The van der Waals surface area contributed by atoms with Gasteiger partial charge in [-0.2, -0.15) is 0 Å². The molecule has 3 atom stereocenters. The maximum absolute atomic E-state index is 13.0. The van der Waals surface area contributed by atoms with Gasteiger partial charge in [0.2, 0.25) is 5.91 Å². The zero-order valence-electron chi connectivity index (χ0n) is 14.7. The molecule has 0 aliphatic carbocycles. The fraction of sp³-hybridized carbons (Fsp3) is 0.526. The number of amides is 2. The zero-order valence-corrected chi connectivity index (χ0v) is 14.7. The third-order valence-corrected chi connectivity index (χ3v) is 5.39. The van der Waals surface area contributed by atoms with Crippen LogP contribution in [0.3, 0.4) is 0 Å². The lowest BCUT2D eigenvalue weighted by atomic mass is 9.96. The standard InChI is InChI=1S/C19H23FN2O4/c1-12-9-22(11-16(12)19(25)26)18(24)14-3-2-8-21(10-14)17(23)13-4-6-15(20)7-5-13/h4-7,12,14,16H,2-3,8-11H2,1H3,(H,25,26)/t12-,14?,16-/m1/s1. The van der Waals surface area contributed by atoms with Crippen molar-refractivity contribution in [3.05, 3.63) is 35.6 Å². The van der Waals surface area contributed by atoms with Crippen LogP contribution >= 0.6 is 0 Å². The summed E-state index contributed by atoms with van der Waals surface area (Å²) in [6, 6.07) is 5.39. The lowest BCUT2D eigenvalue weighted by Gasteiger charge is -2.34. The minimum Gasteiger partial charge on any atom is -0.481 e. The van der Waals surface area contributed by atoms with Crippen LogP contribution in [0.2, 0.25) is 0 Å². The fourth-order valence-electron chi connectivity index (χ4n) is 3.86. The number of aliphatic carboxylic acids is 1. The van der Waals surface area contributed by atoms with Gasteiger partial charge in [-0.1, -0.05) is 6.92 Å². The van der Waals surface area contributed by atoms with Crippen molar-refractivity contribution in [1.82, 2.24) is 9.80 Å². The van der Waals surface area contributed by atoms with E-state index >= 15 is 0 Å². The van der Waals surface area contributed by atoms with Crippen molar-refractivity contribution in [2.24, 2.45) is 17.8 Å². The molecule has 0 spiro atoms. The van der Waals surface area contributed by atoms with Gasteiger partial charge in [-0.25, -0.2) is 4.39 Å². The molecule has 1 aromatic rings. The summed E-state index contributed by atoms with van der Waals surface area (Å²) in [6.07, 6.45) is 1.41. The number of hydrogen-bond acceptors (Lipinski definition) is 3. The highest BCUT2D eigenvalue weighted by molar-refractivity contribution is 5.94. The first-order chi connectivity index (χ1) is 12.4. The number of likely N-dealkylation sites (tertiary alicyclic amines) is 2. The van der Waals surface area contributed by atoms with Crippen LogP contribution in [0.15, 0.2) is 24.3 Å². The number of carboxylic acid groups (broad SMARTS) is 1. The molecule has 140 valence electrons. The van der Waals surface area contributed by atoms with Crippen molar-refractivity contribution >= 4 is 17.8 Å². The topological polar surface area (TPSA) is 77.9 Å². The Hall–Kier alpha value is -2.44. The van der Waals surface area contributed by atoms with Crippen LogP contribution in [0.5, 0.6) is 0 Å². The molecule has 6 nitrogen and oxygen atoms in total. The van der Waals surface area contributed by atoms with Crippen molar-refractivity contribution in [2.45, 2.75) is 19.8 Å². The summed E-state index contributed by atoms with van der Waals surface area (Å²) in [6.45, 7) is 3.40. The molecule has 2 fully saturated rings. The number of nitrogens with zero attached hydrogens (tertiary/aromatic N) is 2. The van der Waals surface area contributed by atoms with E-state index < -0.39 is 17.7 Å². The molecular weight excluding hydrogens is 339 g/mol. The molecule has 2 aliphatic heterocycles. The summed E-state index contributed by atoms with van der Waals surface area (Å²) in [5.74, 6) is -2.46. The molecule has 2 saturated heterocycles. The Morgan fingerprint density at radius 3 is 2.38 bits per heavy atom. The fourth-order valence-corrected chi connectivity index (χ4v) is 3.86. The van der Waals surface area contributed by atoms with Crippen molar-refractivity contribution < 1.29 is 23.9 Å². The first-order valence-electron chi connectivity index (χ1n) is 8.93. The van der Waals surface area contributed by atoms with Gasteiger partial charge in [0.25, 0.3) is 5.91 Å². The van der Waals surface area contributed by atoms with Gasteiger partial charge < -0.3 is 14.9 Å². The molecule has 0 saturated carbocycles. The molecule has 1 unspecified atom stereocenters. The van der Waals surface area contributed by atoms with Crippen molar-refractivity contribution in [2.75, 3.05) is 26.2 Å². The van der Waals surface area contributed by atoms with Gasteiger partial charge in [0.05, 0.1) is 11.8 Å². The van der Waals surface area contributed by atoms with Gasteiger partial charge in [-0.3, -0.25) is 14.4 Å². The summed E-state index contributed by atoms with van der Waals surface area (Å²) >= 11 is 0. The summed E-state index contributed by atoms with van der Waals surface area (Å²) in [4.78, 5) is 39.9. The highest BCUT2D eigenvalue weighted by atomic mass is 19.1. The number of carbonyl (C=O) groups is 3. The first kappa shape index (κ1) is 18.4. The van der Waals surface area contributed by atoms with E-state index in [2.05, 4.69) is 0 Å². The number of carbonyl (C=O) groups excluding carboxylic acids is 2. The molecule has 2 aliphatic rings. The second-order valence-electron chi connectivity index (χ2n) is 7.26. The minimum absolute atomic E-state index is 0.0720. The molecule has 1 N–H and O–H groups in total. The van der Waals surface area contributed by atoms with E-state index in [1.54, 1.807) is 9.80 Å². The van der Waals surface area contributed by atoms with Gasteiger partial charge in [0.15, 0.2) is 0 Å². The van der Waals surface area contributed by atoms with E-state index in [4.69, 9.17) is 0 Å². The lowest BCUT2D eigenvalue weighted by Crippen LogP contribution is -2.46. The number of halogens is 1.